The standard InChI is InChI=1S/C15H11NO3S/c17-12-8-10-2-1-5-16-15(10)20-13-4-3-9(6-11(12)13)7-14(18)19/h1-6H,7-8H2,(H,18,19). The molecular formula is C15H11NO3S. The summed E-state index contributed by atoms with van der Waals surface area (Å²) in [6.07, 6.45) is 1.94. The first-order valence-corrected chi connectivity index (χ1v) is 6.95. The van der Waals surface area contributed by atoms with E-state index in [1.807, 2.05) is 12.1 Å². The van der Waals surface area contributed by atoms with Gasteiger partial charge in [0, 0.05) is 23.1 Å². The number of pyridine rings is 1. The van der Waals surface area contributed by atoms with Gasteiger partial charge in [0.25, 0.3) is 0 Å². The molecule has 0 fully saturated rings. The summed E-state index contributed by atoms with van der Waals surface area (Å²) in [7, 11) is 0. The zero-order valence-electron chi connectivity index (χ0n) is 10.5. The van der Waals surface area contributed by atoms with Gasteiger partial charge in [0.1, 0.15) is 5.03 Å². The van der Waals surface area contributed by atoms with Crippen molar-refractivity contribution in [3.05, 3.63) is 53.2 Å². The number of aliphatic carboxylic acids is 1. The molecule has 1 aromatic carbocycles. The molecule has 1 aliphatic heterocycles. The van der Waals surface area contributed by atoms with Gasteiger partial charge in [-0.2, -0.15) is 0 Å². The first-order chi connectivity index (χ1) is 9.63. The number of aromatic nitrogens is 1. The first kappa shape index (κ1) is 12.9. The van der Waals surface area contributed by atoms with Crippen LogP contribution in [0.2, 0.25) is 0 Å². The molecule has 0 unspecified atom stereocenters. The van der Waals surface area contributed by atoms with Crippen LogP contribution < -0.4 is 0 Å². The van der Waals surface area contributed by atoms with E-state index in [1.165, 1.54) is 11.8 Å². The minimum absolute atomic E-state index is 0.00601. The molecule has 2 aromatic rings. The van der Waals surface area contributed by atoms with Crippen molar-refractivity contribution in [3.8, 4) is 0 Å². The van der Waals surface area contributed by atoms with Gasteiger partial charge in [0.2, 0.25) is 0 Å². The Bertz CT molecular complexity index is 712. The second kappa shape index (κ2) is 5.09. The molecule has 0 atom stereocenters. The zero-order chi connectivity index (χ0) is 14.1. The Morgan fingerprint density at radius 1 is 1.35 bits per heavy atom. The number of Topliss-reactive ketones (excluding diaryl/α,β-unsaturated/α-hetero) is 1. The molecule has 0 bridgehead atoms. The Kier molecular flexibility index (Phi) is 3.28. The molecule has 5 heteroatoms. The third-order valence-corrected chi connectivity index (χ3v) is 4.24. The van der Waals surface area contributed by atoms with Gasteiger partial charge >= 0.3 is 5.97 Å². The molecule has 0 spiro atoms. The summed E-state index contributed by atoms with van der Waals surface area (Å²) in [5.74, 6) is -0.893. The number of hydrogen-bond donors (Lipinski definition) is 1. The first-order valence-electron chi connectivity index (χ1n) is 6.13. The van der Waals surface area contributed by atoms with Gasteiger partial charge in [-0.3, -0.25) is 9.59 Å². The van der Waals surface area contributed by atoms with Gasteiger partial charge in [0.15, 0.2) is 5.78 Å². The number of carbonyl (C=O) groups excluding carboxylic acids is 1. The average molecular weight is 285 g/mol. The van der Waals surface area contributed by atoms with Crippen LogP contribution in [-0.4, -0.2) is 21.8 Å². The van der Waals surface area contributed by atoms with Crippen LogP contribution in [0.25, 0.3) is 0 Å². The van der Waals surface area contributed by atoms with Crippen molar-refractivity contribution in [2.24, 2.45) is 0 Å². The lowest BCUT2D eigenvalue weighted by molar-refractivity contribution is -0.136. The Morgan fingerprint density at radius 3 is 3.00 bits per heavy atom. The predicted molar refractivity (Wildman–Crippen MR) is 74.2 cm³/mol. The van der Waals surface area contributed by atoms with Gasteiger partial charge in [0.05, 0.1) is 6.42 Å². The fraction of sp³-hybridized carbons (Fsp3) is 0.133. The molecule has 0 aliphatic carbocycles. The van der Waals surface area contributed by atoms with E-state index in [4.69, 9.17) is 5.11 Å². The Morgan fingerprint density at radius 2 is 2.20 bits per heavy atom. The monoisotopic (exact) mass is 285 g/mol. The van der Waals surface area contributed by atoms with E-state index in [2.05, 4.69) is 4.98 Å². The molecule has 1 aromatic heterocycles. The van der Waals surface area contributed by atoms with Crippen LogP contribution in [0.15, 0.2) is 46.5 Å². The van der Waals surface area contributed by atoms with Crippen molar-refractivity contribution in [2.75, 3.05) is 0 Å². The summed E-state index contributed by atoms with van der Waals surface area (Å²) in [5, 5.41) is 9.67. The average Bonchev–Trinajstić information content (AvgIpc) is 2.54. The highest BCUT2D eigenvalue weighted by atomic mass is 32.2. The minimum Gasteiger partial charge on any atom is -0.481 e. The number of ketones is 1. The predicted octanol–water partition coefficient (Wildman–Crippen LogP) is 2.60. The van der Waals surface area contributed by atoms with Crippen molar-refractivity contribution in [3.63, 3.8) is 0 Å². The lowest BCUT2D eigenvalue weighted by Crippen LogP contribution is -2.06. The van der Waals surface area contributed by atoms with Gasteiger partial charge in [-0.15, -0.1) is 0 Å². The molecule has 0 saturated heterocycles. The summed E-state index contributed by atoms with van der Waals surface area (Å²) in [5.41, 5.74) is 2.15. The van der Waals surface area contributed by atoms with Crippen LogP contribution in [0, 0.1) is 0 Å². The highest BCUT2D eigenvalue weighted by Crippen LogP contribution is 2.35. The lowest BCUT2D eigenvalue weighted by Gasteiger charge is -2.06. The molecule has 4 nitrogen and oxygen atoms in total. The second-order valence-corrected chi connectivity index (χ2v) is 5.60. The van der Waals surface area contributed by atoms with Crippen molar-refractivity contribution in [1.82, 2.24) is 4.98 Å². The third-order valence-electron chi connectivity index (χ3n) is 3.11. The van der Waals surface area contributed by atoms with Crippen molar-refractivity contribution >= 4 is 23.5 Å². The summed E-state index contributed by atoms with van der Waals surface area (Å²) in [6, 6.07) is 8.96. The SMILES string of the molecule is O=C(O)Cc1ccc2c(c1)C(=O)Cc1cccnc1S2. The summed E-state index contributed by atoms with van der Waals surface area (Å²) < 4.78 is 0. The quantitative estimate of drug-likeness (QED) is 0.918. The lowest BCUT2D eigenvalue weighted by atomic mass is 10.0. The van der Waals surface area contributed by atoms with Crippen molar-refractivity contribution in [2.45, 2.75) is 22.8 Å². The maximum absolute atomic E-state index is 12.3. The van der Waals surface area contributed by atoms with Gasteiger partial charge in [-0.25, -0.2) is 4.98 Å². The van der Waals surface area contributed by atoms with E-state index in [-0.39, 0.29) is 12.2 Å². The third kappa shape index (κ3) is 2.44. The Balaban J connectivity index is 2.04. The maximum atomic E-state index is 12.3. The summed E-state index contributed by atoms with van der Waals surface area (Å²) in [6.45, 7) is 0. The Hall–Kier alpha value is -2.14. The van der Waals surface area contributed by atoms with Crippen LogP contribution in [0.4, 0.5) is 0 Å². The molecular weight excluding hydrogens is 274 g/mol. The van der Waals surface area contributed by atoms with Gasteiger partial charge in [-0.1, -0.05) is 23.9 Å². The fourth-order valence-electron chi connectivity index (χ4n) is 2.19. The number of benzene rings is 1. The van der Waals surface area contributed by atoms with Gasteiger partial charge in [-0.05, 0) is 29.3 Å². The molecule has 0 amide bonds. The van der Waals surface area contributed by atoms with Crippen LogP contribution >= 0.6 is 11.8 Å². The van der Waals surface area contributed by atoms with Crippen LogP contribution in [-0.2, 0) is 17.6 Å². The van der Waals surface area contributed by atoms with E-state index in [1.54, 1.807) is 24.4 Å². The number of hydrogen-bond acceptors (Lipinski definition) is 4. The van der Waals surface area contributed by atoms with E-state index >= 15 is 0 Å². The van der Waals surface area contributed by atoms with Crippen molar-refractivity contribution in [1.29, 1.82) is 0 Å². The second-order valence-electron chi connectivity index (χ2n) is 4.57. The molecule has 20 heavy (non-hydrogen) atoms. The highest BCUT2D eigenvalue weighted by Gasteiger charge is 2.21. The van der Waals surface area contributed by atoms with E-state index in [0.29, 0.717) is 17.5 Å². The number of carboxylic acids is 1. The van der Waals surface area contributed by atoms with E-state index in [0.717, 1.165) is 15.5 Å². The molecule has 0 saturated carbocycles. The molecule has 1 aliphatic rings. The number of nitrogens with zero attached hydrogens (tertiary/aromatic N) is 1. The highest BCUT2D eigenvalue weighted by molar-refractivity contribution is 7.99. The maximum Gasteiger partial charge on any atom is 0.307 e. The number of carboxylic acid groups (broad SMARTS) is 1. The number of carbonyl (C=O) groups is 2. The molecule has 100 valence electrons. The topological polar surface area (TPSA) is 67.3 Å². The molecule has 2 heterocycles. The Labute approximate surface area is 119 Å². The zero-order valence-corrected chi connectivity index (χ0v) is 11.3. The smallest absolute Gasteiger partial charge is 0.307 e. The molecule has 1 N–H and O–H groups in total. The number of rotatable bonds is 2. The van der Waals surface area contributed by atoms with E-state index < -0.39 is 5.97 Å². The largest absolute Gasteiger partial charge is 0.481 e. The van der Waals surface area contributed by atoms with Crippen molar-refractivity contribution < 1.29 is 14.7 Å². The molecule has 3 rings (SSSR count). The van der Waals surface area contributed by atoms with E-state index in [9.17, 15) is 9.59 Å². The number of fused-ring (bicyclic) bond motifs is 2. The summed E-state index contributed by atoms with van der Waals surface area (Å²) in [4.78, 5) is 28.2. The summed E-state index contributed by atoms with van der Waals surface area (Å²) >= 11 is 1.46. The molecule has 0 radical (unpaired) electrons. The van der Waals surface area contributed by atoms with Crippen LogP contribution in [0.3, 0.4) is 0 Å². The van der Waals surface area contributed by atoms with Crippen LogP contribution in [0.1, 0.15) is 21.5 Å². The minimum atomic E-state index is -0.899. The van der Waals surface area contributed by atoms with Gasteiger partial charge < -0.3 is 5.11 Å². The normalized spacial score (nSPS) is 13.3. The fourth-order valence-corrected chi connectivity index (χ4v) is 3.20. The van der Waals surface area contributed by atoms with Crippen LogP contribution in [0.5, 0.6) is 0 Å².